The highest BCUT2D eigenvalue weighted by atomic mass is 79.9. The molecule has 0 amide bonds. The van der Waals surface area contributed by atoms with Crippen LogP contribution in [0.4, 0.5) is 0 Å². The molecule has 0 unspecified atom stereocenters. The van der Waals surface area contributed by atoms with E-state index in [2.05, 4.69) is 73.2 Å². The van der Waals surface area contributed by atoms with Gasteiger partial charge in [0.05, 0.1) is 17.1 Å². The molecule has 1 aromatic carbocycles. The van der Waals surface area contributed by atoms with Gasteiger partial charge in [-0.15, -0.1) is 0 Å². The van der Waals surface area contributed by atoms with Crippen molar-refractivity contribution < 1.29 is 0 Å². The Morgan fingerprint density at radius 3 is 2.54 bits per heavy atom. The summed E-state index contributed by atoms with van der Waals surface area (Å²) in [5.74, 6) is 0.817. The number of aryl methyl sites for hydroxylation is 1. The van der Waals surface area contributed by atoms with E-state index in [9.17, 15) is 4.79 Å². The lowest BCUT2D eigenvalue weighted by atomic mass is 10.1. The van der Waals surface area contributed by atoms with E-state index in [-0.39, 0.29) is 11.5 Å². The maximum Gasteiger partial charge on any atom is 0.282 e. The summed E-state index contributed by atoms with van der Waals surface area (Å²) in [6, 6.07) is 8.07. The molecule has 0 fully saturated rings. The third kappa shape index (κ3) is 3.70. The van der Waals surface area contributed by atoms with Crippen LogP contribution in [0.25, 0.3) is 10.9 Å². The molecule has 0 aliphatic rings. The summed E-state index contributed by atoms with van der Waals surface area (Å²) in [6.45, 7) is 12.7. The summed E-state index contributed by atoms with van der Waals surface area (Å²) in [6.07, 6.45) is 2.66. The monoisotopic (exact) mass is 442 g/mol. The van der Waals surface area contributed by atoms with E-state index in [4.69, 9.17) is 4.98 Å². The lowest BCUT2D eigenvalue weighted by Gasteiger charge is -2.14. The first-order valence-electron chi connectivity index (χ1n) is 9.69. The summed E-state index contributed by atoms with van der Waals surface area (Å²) in [5.41, 5.74) is 3.90. The second-order valence-electron chi connectivity index (χ2n) is 7.59. The molecule has 0 radical (unpaired) electrons. The molecule has 1 atom stereocenters. The van der Waals surface area contributed by atoms with Crippen LogP contribution >= 0.6 is 15.9 Å². The smallest absolute Gasteiger partial charge is 0.282 e. The van der Waals surface area contributed by atoms with Crippen molar-refractivity contribution in [3.05, 3.63) is 61.9 Å². The van der Waals surface area contributed by atoms with E-state index in [1.807, 2.05) is 18.2 Å². The Balaban J connectivity index is 2.19. The topological polar surface area (TPSA) is 52.2 Å². The Labute approximate surface area is 174 Å². The predicted molar refractivity (Wildman–Crippen MR) is 120 cm³/mol. The van der Waals surface area contributed by atoms with Crippen molar-refractivity contribution in [1.82, 2.24) is 14.2 Å². The second-order valence-corrected chi connectivity index (χ2v) is 8.51. The van der Waals surface area contributed by atoms with Gasteiger partial charge in [0.25, 0.3) is 5.56 Å². The molecule has 6 heteroatoms. The average molecular weight is 443 g/mol. The highest BCUT2D eigenvalue weighted by Crippen LogP contribution is 2.22. The Bertz CT molecular complexity index is 1110. The molecule has 5 nitrogen and oxygen atoms in total. The summed E-state index contributed by atoms with van der Waals surface area (Å²) in [4.78, 5) is 17.9. The first kappa shape index (κ1) is 20.5. The molecule has 3 aromatic rings. The van der Waals surface area contributed by atoms with Crippen LogP contribution in [0.2, 0.25) is 0 Å². The average Bonchev–Trinajstić information content (AvgIpc) is 2.94. The van der Waals surface area contributed by atoms with Crippen molar-refractivity contribution in [2.45, 2.75) is 59.9 Å². The molecule has 0 aliphatic heterocycles. The number of rotatable bonds is 5. The maximum absolute atomic E-state index is 13.2. The molecule has 2 heterocycles. The lowest BCUT2D eigenvalue weighted by Crippen LogP contribution is -2.23. The molecular formula is C22H27BrN4O. The quantitative estimate of drug-likeness (QED) is 0.486. The van der Waals surface area contributed by atoms with E-state index in [0.717, 1.165) is 22.2 Å². The van der Waals surface area contributed by atoms with Crippen molar-refractivity contribution >= 4 is 33.0 Å². The maximum atomic E-state index is 13.2. The van der Waals surface area contributed by atoms with Gasteiger partial charge in [0, 0.05) is 33.4 Å². The standard InChI is InChI=1S/C22H27BrN4O/c1-7-14(4)21-25-20-9-8-18(23)11-19(20)22(28)27(21)24-12-17-10-15(5)26(13(2)3)16(17)6/h8-14H,7H2,1-6H3/t14-/m0/s1. The van der Waals surface area contributed by atoms with Crippen LogP contribution in [0.1, 0.15) is 68.9 Å². The van der Waals surface area contributed by atoms with Crippen LogP contribution in [-0.2, 0) is 0 Å². The first-order valence-corrected chi connectivity index (χ1v) is 10.5. The largest absolute Gasteiger partial charge is 0.346 e. The molecule has 3 rings (SSSR count). The van der Waals surface area contributed by atoms with Gasteiger partial charge >= 0.3 is 0 Å². The zero-order valence-electron chi connectivity index (χ0n) is 17.3. The van der Waals surface area contributed by atoms with E-state index in [1.165, 1.54) is 10.4 Å². The van der Waals surface area contributed by atoms with Crippen LogP contribution in [0.15, 0.2) is 38.6 Å². The third-order valence-electron chi connectivity index (χ3n) is 5.24. The molecule has 0 saturated heterocycles. The molecule has 0 saturated carbocycles. The Morgan fingerprint density at radius 2 is 1.93 bits per heavy atom. The summed E-state index contributed by atoms with van der Waals surface area (Å²) in [5, 5.41) is 5.15. The normalized spacial score (nSPS) is 13.1. The molecule has 0 bridgehead atoms. The van der Waals surface area contributed by atoms with Crippen LogP contribution in [-0.4, -0.2) is 20.4 Å². The predicted octanol–water partition coefficient (Wildman–Crippen LogP) is 5.55. The van der Waals surface area contributed by atoms with Gasteiger partial charge in [-0.05, 0) is 58.4 Å². The van der Waals surface area contributed by atoms with Crippen molar-refractivity contribution in [3.63, 3.8) is 0 Å². The van der Waals surface area contributed by atoms with Crippen molar-refractivity contribution in [3.8, 4) is 0 Å². The minimum atomic E-state index is -0.143. The number of aromatic nitrogens is 3. The number of hydrogen-bond donors (Lipinski definition) is 0. The van der Waals surface area contributed by atoms with Gasteiger partial charge in [0.2, 0.25) is 0 Å². The van der Waals surface area contributed by atoms with Crippen LogP contribution in [0.3, 0.4) is 0 Å². The fraction of sp³-hybridized carbons (Fsp3) is 0.409. The molecule has 2 aromatic heterocycles. The first-order chi connectivity index (χ1) is 13.2. The Hall–Kier alpha value is -2.21. The Kier molecular flexibility index (Phi) is 5.89. The van der Waals surface area contributed by atoms with Gasteiger partial charge in [-0.2, -0.15) is 9.78 Å². The molecule has 148 valence electrons. The fourth-order valence-electron chi connectivity index (χ4n) is 3.63. The molecule has 0 N–H and O–H groups in total. The number of benzene rings is 1. The van der Waals surface area contributed by atoms with Crippen molar-refractivity contribution in [2.24, 2.45) is 5.10 Å². The van der Waals surface area contributed by atoms with E-state index < -0.39 is 0 Å². The number of nitrogens with zero attached hydrogens (tertiary/aromatic N) is 4. The minimum Gasteiger partial charge on any atom is -0.346 e. The van der Waals surface area contributed by atoms with Gasteiger partial charge < -0.3 is 4.57 Å². The van der Waals surface area contributed by atoms with Gasteiger partial charge in [-0.25, -0.2) is 4.98 Å². The molecule has 28 heavy (non-hydrogen) atoms. The highest BCUT2D eigenvalue weighted by Gasteiger charge is 2.16. The van der Waals surface area contributed by atoms with Crippen molar-refractivity contribution in [2.75, 3.05) is 0 Å². The van der Waals surface area contributed by atoms with E-state index >= 15 is 0 Å². The molecule has 0 spiro atoms. The van der Waals surface area contributed by atoms with E-state index in [0.29, 0.717) is 22.8 Å². The zero-order chi connectivity index (χ0) is 20.6. The SMILES string of the molecule is CC[C@H](C)c1nc2ccc(Br)cc2c(=O)n1N=Cc1cc(C)n(C(C)C)c1C. The number of hydrogen-bond acceptors (Lipinski definition) is 3. The number of halogens is 1. The third-order valence-corrected chi connectivity index (χ3v) is 5.73. The Morgan fingerprint density at radius 1 is 1.21 bits per heavy atom. The zero-order valence-corrected chi connectivity index (χ0v) is 18.9. The van der Waals surface area contributed by atoms with Crippen LogP contribution in [0, 0.1) is 13.8 Å². The van der Waals surface area contributed by atoms with Crippen LogP contribution < -0.4 is 5.56 Å². The summed E-state index contributed by atoms with van der Waals surface area (Å²) >= 11 is 3.44. The summed E-state index contributed by atoms with van der Waals surface area (Å²) < 4.78 is 4.59. The van der Waals surface area contributed by atoms with Gasteiger partial charge in [-0.1, -0.05) is 29.8 Å². The van der Waals surface area contributed by atoms with Crippen LogP contribution in [0.5, 0.6) is 0 Å². The minimum absolute atomic E-state index is 0.126. The van der Waals surface area contributed by atoms with Gasteiger partial charge in [0.1, 0.15) is 5.82 Å². The second kappa shape index (κ2) is 8.03. The molecule has 0 aliphatic carbocycles. The summed E-state index contributed by atoms with van der Waals surface area (Å²) in [7, 11) is 0. The fourth-order valence-corrected chi connectivity index (χ4v) is 3.99. The van der Waals surface area contributed by atoms with Crippen molar-refractivity contribution in [1.29, 1.82) is 0 Å². The highest BCUT2D eigenvalue weighted by molar-refractivity contribution is 9.10. The number of fused-ring (bicyclic) bond motifs is 1. The van der Waals surface area contributed by atoms with Gasteiger partial charge in [0.15, 0.2) is 0 Å². The molecular weight excluding hydrogens is 416 g/mol. The van der Waals surface area contributed by atoms with Gasteiger partial charge in [-0.3, -0.25) is 4.79 Å². The van der Waals surface area contributed by atoms with E-state index in [1.54, 1.807) is 6.21 Å². The lowest BCUT2D eigenvalue weighted by molar-refractivity contribution is 0.574.